The summed E-state index contributed by atoms with van der Waals surface area (Å²) < 4.78 is 0. The van der Waals surface area contributed by atoms with Gasteiger partial charge in [-0.3, -0.25) is 0 Å². The highest BCUT2D eigenvalue weighted by Gasteiger charge is 2.17. The molecule has 0 aromatic heterocycles. The zero-order valence-corrected chi connectivity index (χ0v) is 8.20. The fourth-order valence-corrected chi connectivity index (χ4v) is 2.21. The zero-order valence-electron chi connectivity index (χ0n) is 8.20. The van der Waals surface area contributed by atoms with Crippen molar-refractivity contribution in [1.29, 1.82) is 5.26 Å². The zero-order chi connectivity index (χ0) is 10.3. The molecule has 1 aliphatic rings. The average Bonchev–Trinajstić information content (AvgIpc) is 2.66. The lowest BCUT2D eigenvalue weighted by atomic mass is 10.0. The van der Waals surface area contributed by atoms with Crippen molar-refractivity contribution >= 4 is 0 Å². The molecule has 0 N–H and O–H groups in total. The summed E-state index contributed by atoms with van der Waals surface area (Å²) in [6.07, 6.45) is 0.959. The first-order valence-electron chi connectivity index (χ1n) is 5.00. The molecular formula is C14H9N. The van der Waals surface area contributed by atoms with Crippen LogP contribution < -0.4 is 0 Å². The third-order valence-electron chi connectivity index (χ3n) is 2.92. The van der Waals surface area contributed by atoms with Crippen molar-refractivity contribution in [3.63, 3.8) is 0 Å². The van der Waals surface area contributed by atoms with E-state index in [1.165, 1.54) is 22.3 Å². The fraction of sp³-hybridized carbons (Fsp3) is 0.0714. The Bertz CT molecular complexity index is 576. The molecule has 0 atom stereocenters. The molecule has 1 nitrogen and oxygen atoms in total. The minimum Gasteiger partial charge on any atom is -0.192 e. The number of benzene rings is 2. The fourth-order valence-electron chi connectivity index (χ4n) is 2.21. The van der Waals surface area contributed by atoms with E-state index in [-0.39, 0.29) is 0 Å². The van der Waals surface area contributed by atoms with E-state index in [1.54, 1.807) is 0 Å². The molecule has 0 saturated carbocycles. The van der Waals surface area contributed by atoms with Crippen molar-refractivity contribution in [1.82, 2.24) is 0 Å². The molecule has 0 fully saturated rings. The van der Waals surface area contributed by atoms with Crippen molar-refractivity contribution < 1.29 is 0 Å². The van der Waals surface area contributed by atoms with Crippen LogP contribution in [0.5, 0.6) is 0 Å². The lowest BCUT2D eigenvalue weighted by Crippen LogP contribution is -1.81. The lowest BCUT2D eigenvalue weighted by molar-refractivity contribution is 1.26. The minimum atomic E-state index is 0.751. The van der Waals surface area contributed by atoms with Gasteiger partial charge in [-0.25, -0.2) is 0 Å². The number of fused-ring (bicyclic) bond motifs is 3. The highest BCUT2D eigenvalue weighted by atomic mass is 14.3. The van der Waals surface area contributed by atoms with Crippen LogP contribution in [0, 0.1) is 11.3 Å². The summed E-state index contributed by atoms with van der Waals surface area (Å²) in [5, 5.41) is 8.84. The predicted molar refractivity (Wildman–Crippen MR) is 59.4 cm³/mol. The highest BCUT2D eigenvalue weighted by molar-refractivity contribution is 5.77. The molecule has 2 aromatic rings. The van der Waals surface area contributed by atoms with Crippen LogP contribution in [0.15, 0.2) is 42.5 Å². The molecule has 0 bridgehead atoms. The molecule has 0 spiro atoms. The summed E-state index contributed by atoms with van der Waals surface area (Å²) in [6, 6.07) is 16.6. The van der Waals surface area contributed by atoms with Gasteiger partial charge in [-0.2, -0.15) is 5.26 Å². The second kappa shape index (κ2) is 2.96. The van der Waals surface area contributed by atoms with E-state index in [0.29, 0.717) is 0 Å². The van der Waals surface area contributed by atoms with Gasteiger partial charge in [0.2, 0.25) is 0 Å². The van der Waals surface area contributed by atoms with Gasteiger partial charge in [-0.05, 0) is 40.8 Å². The van der Waals surface area contributed by atoms with E-state index in [9.17, 15) is 0 Å². The summed E-state index contributed by atoms with van der Waals surface area (Å²) in [5.41, 5.74) is 5.99. The second-order valence-electron chi connectivity index (χ2n) is 3.82. The van der Waals surface area contributed by atoms with Gasteiger partial charge in [-0.1, -0.05) is 30.3 Å². The van der Waals surface area contributed by atoms with Gasteiger partial charge in [-0.15, -0.1) is 0 Å². The predicted octanol–water partition coefficient (Wildman–Crippen LogP) is 3.13. The molecular weight excluding hydrogens is 182 g/mol. The molecule has 70 valence electrons. The number of hydrogen-bond acceptors (Lipinski definition) is 1. The number of nitriles is 1. The Kier molecular flexibility index (Phi) is 1.63. The van der Waals surface area contributed by atoms with Crippen LogP contribution >= 0.6 is 0 Å². The standard InChI is InChI=1S/C14H9N/c15-9-10-5-6-14-12(7-10)8-11-3-1-2-4-13(11)14/h1-7H,8H2. The van der Waals surface area contributed by atoms with E-state index < -0.39 is 0 Å². The lowest BCUT2D eigenvalue weighted by Gasteiger charge is -1.99. The topological polar surface area (TPSA) is 23.8 Å². The summed E-state index contributed by atoms with van der Waals surface area (Å²) in [7, 11) is 0. The molecule has 0 saturated heterocycles. The van der Waals surface area contributed by atoms with Crippen LogP contribution in [0.25, 0.3) is 11.1 Å². The summed E-state index contributed by atoms with van der Waals surface area (Å²) in [4.78, 5) is 0. The Balaban J connectivity index is 2.23. The summed E-state index contributed by atoms with van der Waals surface area (Å²) >= 11 is 0. The van der Waals surface area contributed by atoms with Gasteiger partial charge < -0.3 is 0 Å². The average molecular weight is 191 g/mol. The molecule has 0 heterocycles. The van der Waals surface area contributed by atoms with Crippen LogP contribution in [0.1, 0.15) is 16.7 Å². The maximum Gasteiger partial charge on any atom is 0.0991 e. The first-order chi connectivity index (χ1) is 7.38. The van der Waals surface area contributed by atoms with E-state index in [4.69, 9.17) is 5.26 Å². The van der Waals surface area contributed by atoms with Crippen LogP contribution in [0.4, 0.5) is 0 Å². The minimum absolute atomic E-state index is 0.751. The third kappa shape index (κ3) is 1.15. The van der Waals surface area contributed by atoms with Gasteiger partial charge in [0.05, 0.1) is 11.6 Å². The molecule has 0 aliphatic heterocycles. The van der Waals surface area contributed by atoms with E-state index in [2.05, 4.69) is 36.4 Å². The van der Waals surface area contributed by atoms with Crippen molar-refractivity contribution in [3.8, 4) is 17.2 Å². The molecule has 0 amide bonds. The first-order valence-corrected chi connectivity index (χ1v) is 5.00. The van der Waals surface area contributed by atoms with E-state index in [0.717, 1.165) is 12.0 Å². The largest absolute Gasteiger partial charge is 0.192 e. The van der Waals surface area contributed by atoms with Gasteiger partial charge >= 0.3 is 0 Å². The SMILES string of the molecule is N#Cc1ccc2c(c1)Cc1ccccc1-2. The molecule has 15 heavy (non-hydrogen) atoms. The van der Waals surface area contributed by atoms with Gasteiger partial charge in [0.15, 0.2) is 0 Å². The Morgan fingerprint density at radius 2 is 1.73 bits per heavy atom. The van der Waals surface area contributed by atoms with Crippen LogP contribution in [-0.4, -0.2) is 0 Å². The number of hydrogen-bond donors (Lipinski definition) is 0. The van der Waals surface area contributed by atoms with Gasteiger partial charge in [0.1, 0.15) is 0 Å². The second-order valence-corrected chi connectivity index (χ2v) is 3.82. The van der Waals surface area contributed by atoms with Gasteiger partial charge in [0.25, 0.3) is 0 Å². The van der Waals surface area contributed by atoms with Crippen LogP contribution in [-0.2, 0) is 6.42 Å². The third-order valence-corrected chi connectivity index (χ3v) is 2.92. The van der Waals surface area contributed by atoms with Crippen molar-refractivity contribution in [2.24, 2.45) is 0 Å². The maximum atomic E-state index is 8.84. The Hall–Kier alpha value is -2.07. The summed E-state index contributed by atoms with van der Waals surface area (Å²) in [5.74, 6) is 0. The maximum absolute atomic E-state index is 8.84. The normalized spacial score (nSPS) is 11.7. The quantitative estimate of drug-likeness (QED) is 0.535. The molecule has 0 radical (unpaired) electrons. The Morgan fingerprint density at radius 3 is 2.60 bits per heavy atom. The van der Waals surface area contributed by atoms with Crippen molar-refractivity contribution in [3.05, 3.63) is 59.2 Å². The van der Waals surface area contributed by atoms with E-state index >= 15 is 0 Å². The molecule has 2 aromatic carbocycles. The number of nitrogens with zero attached hydrogens (tertiary/aromatic N) is 1. The Labute approximate surface area is 88.6 Å². The summed E-state index contributed by atoms with van der Waals surface area (Å²) in [6.45, 7) is 0. The van der Waals surface area contributed by atoms with Crippen molar-refractivity contribution in [2.75, 3.05) is 0 Å². The molecule has 1 aliphatic carbocycles. The first kappa shape index (κ1) is 8.26. The monoisotopic (exact) mass is 191 g/mol. The van der Waals surface area contributed by atoms with E-state index in [1.807, 2.05) is 12.1 Å². The highest BCUT2D eigenvalue weighted by Crippen LogP contribution is 2.36. The van der Waals surface area contributed by atoms with Crippen LogP contribution in [0.3, 0.4) is 0 Å². The van der Waals surface area contributed by atoms with Crippen LogP contribution in [0.2, 0.25) is 0 Å². The van der Waals surface area contributed by atoms with Gasteiger partial charge in [0, 0.05) is 0 Å². The number of rotatable bonds is 0. The molecule has 3 rings (SSSR count). The smallest absolute Gasteiger partial charge is 0.0991 e. The Morgan fingerprint density at radius 1 is 0.933 bits per heavy atom. The molecule has 1 heteroatoms. The molecule has 0 unspecified atom stereocenters. The van der Waals surface area contributed by atoms with Crippen molar-refractivity contribution in [2.45, 2.75) is 6.42 Å².